The highest BCUT2D eigenvalue weighted by atomic mass is 127. The summed E-state index contributed by atoms with van der Waals surface area (Å²) in [6, 6.07) is 22.0. The third kappa shape index (κ3) is 5.01. The first-order valence-electron chi connectivity index (χ1n) is 8.46. The van der Waals surface area contributed by atoms with E-state index < -0.39 is 17.9 Å². The maximum atomic E-state index is 12.9. The van der Waals surface area contributed by atoms with Gasteiger partial charge in [-0.05, 0) is 40.3 Å². The van der Waals surface area contributed by atoms with Gasteiger partial charge in [0.15, 0.2) is 0 Å². The average molecular weight is 484 g/mol. The summed E-state index contributed by atoms with van der Waals surface area (Å²) in [5, 5.41) is 2.72. The SMILES string of the molecule is NC(=NC(=O)C(NC(=O)c1cccc(I)n1)c1ccccc1)c1ccccc1. The number of amidine groups is 1. The van der Waals surface area contributed by atoms with Crippen LogP contribution in [0.4, 0.5) is 0 Å². The molecule has 0 saturated heterocycles. The summed E-state index contributed by atoms with van der Waals surface area (Å²) in [4.78, 5) is 33.7. The van der Waals surface area contributed by atoms with Gasteiger partial charge in [-0.2, -0.15) is 4.99 Å². The van der Waals surface area contributed by atoms with Crippen LogP contribution >= 0.6 is 22.6 Å². The molecular formula is C21H17IN4O2. The molecule has 0 aliphatic carbocycles. The molecule has 1 aromatic heterocycles. The standard InChI is InChI=1S/C21H17IN4O2/c22-17-13-7-12-16(24-17)20(27)25-18(14-8-3-1-4-9-14)21(28)26-19(23)15-10-5-2-6-11-15/h1-13,18H,(H,25,27)(H2,23,26,28). The quantitative estimate of drug-likeness (QED) is 0.252. The number of nitrogens with one attached hydrogen (secondary N) is 1. The van der Waals surface area contributed by atoms with Gasteiger partial charge in [0, 0.05) is 5.56 Å². The van der Waals surface area contributed by atoms with Gasteiger partial charge in [0.25, 0.3) is 11.8 Å². The molecule has 3 N–H and O–H groups in total. The second-order valence-electron chi connectivity index (χ2n) is 5.86. The number of nitrogens with two attached hydrogens (primary N) is 1. The molecule has 1 heterocycles. The number of hydrogen-bond donors (Lipinski definition) is 2. The maximum Gasteiger partial charge on any atom is 0.274 e. The largest absolute Gasteiger partial charge is 0.383 e. The van der Waals surface area contributed by atoms with E-state index in [4.69, 9.17) is 5.73 Å². The van der Waals surface area contributed by atoms with Crippen LogP contribution in [0, 0.1) is 3.70 Å². The highest BCUT2D eigenvalue weighted by molar-refractivity contribution is 14.1. The predicted octanol–water partition coefficient (Wildman–Crippen LogP) is 3.09. The van der Waals surface area contributed by atoms with E-state index in [9.17, 15) is 9.59 Å². The fraction of sp³-hybridized carbons (Fsp3) is 0.0476. The van der Waals surface area contributed by atoms with E-state index in [0.717, 1.165) is 0 Å². The molecule has 7 heteroatoms. The Kier molecular flexibility index (Phi) is 6.49. The van der Waals surface area contributed by atoms with Crippen LogP contribution in [0.1, 0.15) is 27.7 Å². The maximum absolute atomic E-state index is 12.9. The molecule has 28 heavy (non-hydrogen) atoms. The predicted molar refractivity (Wildman–Crippen MR) is 116 cm³/mol. The lowest BCUT2D eigenvalue weighted by Crippen LogP contribution is -2.34. The van der Waals surface area contributed by atoms with Crippen molar-refractivity contribution >= 4 is 40.2 Å². The Morgan fingerprint density at radius 2 is 1.57 bits per heavy atom. The minimum Gasteiger partial charge on any atom is -0.383 e. The number of carbonyl (C=O) groups excluding carboxylic acids is 2. The number of rotatable bonds is 5. The summed E-state index contributed by atoms with van der Waals surface area (Å²) in [7, 11) is 0. The molecule has 1 atom stereocenters. The van der Waals surface area contributed by atoms with Crippen LogP contribution in [-0.4, -0.2) is 22.6 Å². The third-order valence-corrected chi connectivity index (χ3v) is 4.50. The first-order valence-corrected chi connectivity index (χ1v) is 9.54. The molecule has 0 aliphatic rings. The lowest BCUT2D eigenvalue weighted by Gasteiger charge is -2.16. The second-order valence-corrected chi connectivity index (χ2v) is 6.97. The molecule has 2 amide bonds. The number of pyridine rings is 1. The summed E-state index contributed by atoms with van der Waals surface area (Å²) in [5.74, 6) is -0.936. The van der Waals surface area contributed by atoms with Crippen molar-refractivity contribution in [3.63, 3.8) is 0 Å². The van der Waals surface area contributed by atoms with Crippen molar-refractivity contribution in [3.05, 3.63) is 99.4 Å². The Morgan fingerprint density at radius 3 is 2.21 bits per heavy atom. The number of aromatic nitrogens is 1. The Bertz CT molecular complexity index is 1010. The normalized spacial score (nSPS) is 12.2. The van der Waals surface area contributed by atoms with Crippen molar-refractivity contribution in [1.29, 1.82) is 0 Å². The minimum atomic E-state index is -0.976. The van der Waals surface area contributed by atoms with Crippen molar-refractivity contribution in [2.75, 3.05) is 0 Å². The van der Waals surface area contributed by atoms with Gasteiger partial charge in [0.05, 0.1) is 0 Å². The van der Waals surface area contributed by atoms with Gasteiger partial charge in [-0.15, -0.1) is 0 Å². The van der Waals surface area contributed by atoms with Crippen LogP contribution < -0.4 is 11.1 Å². The van der Waals surface area contributed by atoms with Gasteiger partial charge in [-0.25, -0.2) is 4.98 Å². The first kappa shape index (κ1) is 19.7. The van der Waals surface area contributed by atoms with Gasteiger partial charge >= 0.3 is 0 Å². The lowest BCUT2D eigenvalue weighted by molar-refractivity contribution is -0.119. The molecule has 140 valence electrons. The number of benzene rings is 2. The highest BCUT2D eigenvalue weighted by Gasteiger charge is 2.24. The van der Waals surface area contributed by atoms with Crippen LogP contribution in [0.5, 0.6) is 0 Å². The second kappa shape index (κ2) is 9.23. The van der Waals surface area contributed by atoms with Gasteiger partial charge in [0.1, 0.15) is 21.3 Å². The van der Waals surface area contributed by atoms with E-state index in [2.05, 4.69) is 15.3 Å². The summed E-state index contributed by atoms with van der Waals surface area (Å²) in [6.07, 6.45) is 0. The van der Waals surface area contributed by atoms with Crippen molar-refractivity contribution in [2.24, 2.45) is 10.7 Å². The summed E-state index contributed by atoms with van der Waals surface area (Å²) < 4.78 is 0.680. The fourth-order valence-corrected chi connectivity index (χ4v) is 3.00. The molecule has 0 spiro atoms. The van der Waals surface area contributed by atoms with Gasteiger partial charge in [-0.1, -0.05) is 66.7 Å². The Hall–Kier alpha value is -3.07. The minimum absolute atomic E-state index is 0.0909. The van der Waals surface area contributed by atoms with Crippen LogP contribution in [0.3, 0.4) is 0 Å². The number of aliphatic imine (C=N–C) groups is 1. The zero-order chi connectivity index (χ0) is 19.9. The first-order chi connectivity index (χ1) is 13.5. The lowest BCUT2D eigenvalue weighted by atomic mass is 10.1. The molecule has 3 aromatic rings. The highest BCUT2D eigenvalue weighted by Crippen LogP contribution is 2.16. The Balaban J connectivity index is 1.89. The van der Waals surface area contributed by atoms with Crippen molar-refractivity contribution < 1.29 is 9.59 Å². The third-order valence-electron chi connectivity index (χ3n) is 3.90. The van der Waals surface area contributed by atoms with E-state index in [1.165, 1.54) is 0 Å². The summed E-state index contributed by atoms with van der Waals surface area (Å²) in [5.41, 5.74) is 7.44. The van der Waals surface area contributed by atoms with E-state index in [0.29, 0.717) is 14.8 Å². The zero-order valence-electron chi connectivity index (χ0n) is 14.7. The monoisotopic (exact) mass is 484 g/mol. The average Bonchev–Trinajstić information content (AvgIpc) is 2.73. The molecule has 0 bridgehead atoms. The van der Waals surface area contributed by atoms with E-state index in [1.54, 1.807) is 66.7 Å². The Labute approximate surface area is 176 Å². The fourth-order valence-electron chi connectivity index (χ4n) is 2.53. The van der Waals surface area contributed by atoms with E-state index in [-0.39, 0.29) is 11.5 Å². The molecule has 6 nitrogen and oxygen atoms in total. The molecule has 0 saturated carbocycles. The molecule has 2 aromatic carbocycles. The molecule has 0 aliphatic heterocycles. The van der Waals surface area contributed by atoms with Crippen LogP contribution in [0.15, 0.2) is 83.9 Å². The van der Waals surface area contributed by atoms with Crippen LogP contribution in [0.25, 0.3) is 0 Å². The molecule has 1 unspecified atom stereocenters. The van der Waals surface area contributed by atoms with E-state index >= 15 is 0 Å². The number of carbonyl (C=O) groups is 2. The molecule has 0 fully saturated rings. The van der Waals surface area contributed by atoms with E-state index in [1.807, 2.05) is 34.7 Å². The molecular weight excluding hydrogens is 467 g/mol. The number of halogens is 1. The van der Waals surface area contributed by atoms with Crippen LogP contribution in [-0.2, 0) is 4.79 Å². The number of hydrogen-bond acceptors (Lipinski definition) is 3. The summed E-state index contributed by atoms with van der Waals surface area (Å²) >= 11 is 2.02. The van der Waals surface area contributed by atoms with Gasteiger partial charge in [-0.3, -0.25) is 9.59 Å². The van der Waals surface area contributed by atoms with Crippen molar-refractivity contribution in [1.82, 2.24) is 10.3 Å². The van der Waals surface area contributed by atoms with Crippen molar-refractivity contribution in [3.8, 4) is 0 Å². The molecule has 3 rings (SSSR count). The smallest absolute Gasteiger partial charge is 0.274 e. The van der Waals surface area contributed by atoms with Crippen LogP contribution in [0.2, 0.25) is 0 Å². The number of nitrogens with zero attached hydrogens (tertiary/aromatic N) is 2. The number of amides is 2. The zero-order valence-corrected chi connectivity index (χ0v) is 16.9. The molecule has 0 radical (unpaired) electrons. The van der Waals surface area contributed by atoms with Gasteiger partial charge < -0.3 is 11.1 Å². The van der Waals surface area contributed by atoms with Gasteiger partial charge in [0.2, 0.25) is 0 Å². The summed E-state index contributed by atoms with van der Waals surface area (Å²) in [6.45, 7) is 0. The topological polar surface area (TPSA) is 97.4 Å². The Morgan fingerprint density at radius 1 is 0.929 bits per heavy atom. The van der Waals surface area contributed by atoms with Crippen molar-refractivity contribution in [2.45, 2.75) is 6.04 Å².